The van der Waals surface area contributed by atoms with Crippen molar-refractivity contribution in [2.45, 2.75) is 30.3 Å². The van der Waals surface area contributed by atoms with Crippen LogP contribution in [0.25, 0.3) is 0 Å². The molecule has 0 amide bonds. The van der Waals surface area contributed by atoms with Crippen LogP contribution in [0.4, 0.5) is 0 Å². The first-order valence-electron chi connectivity index (χ1n) is 8.52. The summed E-state index contributed by atoms with van der Waals surface area (Å²) in [6, 6.07) is 4.18. The van der Waals surface area contributed by atoms with Gasteiger partial charge in [-0.15, -0.1) is 12.4 Å². The van der Waals surface area contributed by atoms with Crippen LogP contribution in [-0.4, -0.2) is 65.3 Å². The number of nitrogens with zero attached hydrogens (tertiary/aromatic N) is 1. The summed E-state index contributed by atoms with van der Waals surface area (Å²) in [7, 11) is -1.09. The van der Waals surface area contributed by atoms with E-state index < -0.39 is 16.0 Å². The van der Waals surface area contributed by atoms with Gasteiger partial charge in [0, 0.05) is 19.7 Å². The van der Waals surface area contributed by atoms with E-state index in [0.29, 0.717) is 39.1 Å². The van der Waals surface area contributed by atoms with Gasteiger partial charge in [-0.25, -0.2) is 13.2 Å². The van der Waals surface area contributed by atoms with Crippen LogP contribution in [0, 0.1) is 0 Å². The molecule has 1 aromatic carbocycles. The number of hydrogen-bond donors (Lipinski definition) is 1. The zero-order valence-corrected chi connectivity index (χ0v) is 17.2. The Labute approximate surface area is 166 Å². The molecular weight excluding hydrogens is 396 g/mol. The Kier molecular flexibility index (Phi) is 9.48. The first-order chi connectivity index (χ1) is 12.4. The molecule has 1 fully saturated rings. The van der Waals surface area contributed by atoms with E-state index in [1.807, 2.05) is 0 Å². The molecule has 10 heteroatoms. The maximum atomic E-state index is 13.0. The van der Waals surface area contributed by atoms with Crippen molar-refractivity contribution in [1.29, 1.82) is 0 Å². The van der Waals surface area contributed by atoms with Gasteiger partial charge in [-0.3, -0.25) is 0 Å². The van der Waals surface area contributed by atoms with Crippen molar-refractivity contribution in [3.63, 3.8) is 0 Å². The smallest absolute Gasteiger partial charge is 0.337 e. The van der Waals surface area contributed by atoms with Crippen LogP contribution in [0.15, 0.2) is 23.1 Å². The number of nitrogens with two attached hydrogens (primary N) is 1. The van der Waals surface area contributed by atoms with Crippen LogP contribution in [0.3, 0.4) is 0 Å². The van der Waals surface area contributed by atoms with Crippen LogP contribution in [-0.2, 0) is 19.5 Å². The Morgan fingerprint density at radius 1 is 1.26 bits per heavy atom. The van der Waals surface area contributed by atoms with Gasteiger partial charge in [0.25, 0.3) is 0 Å². The van der Waals surface area contributed by atoms with Gasteiger partial charge in [-0.2, -0.15) is 4.31 Å². The van der Waals surface area contributed by atoms with Gasteiger partial charge in [0.1, 0.15) is 10.6 Å². The minimum atomic E-state index is -3.72. The highest BCUT2D eigenvalue weighted by Crippen LogP contribution is 2.30. The van der Waals surface area contributed by atoms with Gasteiger partial charge >= 0.3 is 5.97 Å². The molecule has 0 saturated carbocycles. The Morgan fingerprint density at radius 2 is 1.93 bits per heavy atom. The molecule has 0 atom stereocenters. The average Bonchev–Trinajstić information content (AvgIpc) is 2.67. The second-order valence-electron chi connectivity index (χ2n) is 5.97. The summed E-state index contributed by atoms with van der Waals surface area (Å²) in [5.41, 5.74) is 5.68. The molecule has 0 bridgehead atoms. The second-order valence-corrected chi connectivity index (χ2v) is 7.88. The summed E-state index contributed by atoms with van der Waals surface area (Å²) in [5, 5.41) is 0. The fraction of sp³-hybridized carbons (Fsp3) is 0.588. The molecular formula is C17H27ClN2O6S. The van der Waals surface area contributed by atoms with E-state index in [0.717, 1.165) is 6.42 Å². The molecule has 8 nitrogen and oxygen atoms in total. The summed E-state index contributed by atoms with van der Waals surface area (Å²) in [6.45, 7) is 1.92. The number of ether oxygens (including phenoxy) is 3. The Bertz CT molecular complexity index is 720. The molecule has 0 radical (unpaired) electrons. The van der Waals surface area contributed by atoms with Gasteiger partial charge in [0.05, 0.1) is 25.9 Å². The van der Waals surface area contributed by atoms with Crippen molar-refractivity contribution < 1.29 is 27.4 Å². The van der Waals surface area contributed by atoms with Crippen molar-refractivity contribution in [3.05, 3.63) is 23.8 Å². The summed E-state index contributed by atoms with van der Waals surface area (Å²) >= 11 is 0. The molecule has 1 saturated heterocycles. The second kappa shape index (κ2) is 10.8. The average molecular weight is 423 g/mol. The maximum absolute atomic E-state index is 13.0. The van der Waals surface area contributed by atoms with Crippen LogP contribution < -0.4 is 10.5 Å². The predicted molar refractivity (Wildman–Crippen MR) is 103 cm³/mol. The first-order valence-corrected chi connectivity index (χ1v) is 9.96. The number of piperidine rings is 1. The van der Waals surface area contributed by atoms with E-state index in [4.69, 9.17) is 15.2 Å². The number of esters is 1. The van der Waals surface area contributed by atoms with Crippen LogP contribution in [0.5, 0.6) is 5.75 Å². The summed E-state index contributed by atoms with van der Waals surface area (Å²) < 4.78 is 42.9. The van der Waals surface area contributed by atoms with Crippen molar-refractivity contribution in [3.8, 4) is 5.75 Å². The number of carbonyl (C=O) groups excluding carboxylic acids is 1. The van der Waals surface area contributed by atoms with Gasteiger partial charge in [-0.05, 0) is 44.0 Å². The van der Waals surface area contributed by atoms with Crippen LogP contribution >= 0.6 is 12.4 Å². The largest absolute Gasteiger partial charge is 0.495 e. The highest BCUT2D eigenvalue weighted by molar-refractivity contribution is 7.89. The summed E-state index contributed by atoms with van der Waals surface area (Å²) in [4.78, 5) is 11.7. The first kappa shape index (κ1) is 23.6. The zero-order chi connectivity index (χ0) is 19.2. The highest BCUT2D eigenvalue weighted by Gasteiger charge is 2.32. The maximum Gasteiger partial charge on any atom is 0.337 e. The van der Waals surface area contributed by atoms with Crippen LogP contribution in [0.1, 0.15) is 29.6 Å². The van der Waals surface area contributed by atoms with E-state index in [2.05, 4.69) is 4.74 Å². The van der Waals surface area contributed by atoms with Crippen molar-refractivity contribution in [2.24, 2.45) is 5.73 Å². The number of hydrogen-bond acceptors (Lipinski definition) is 7. The lowest BCUT2D eigenvalue weighted by atomic mass is 10.1. The molecule has 2 rings (SSSR count). The van der Waals surface area contributed by atoms with E-state index in [-0.39, 0.29) is 34.7 Å². The Morgan fingerprint density at radius 3 is 2.48 bits per heavy atom. The van der Waals surface area contributed by atoms with E-state index in [1.54, 1.807) is 0 Å². The number of sulfonamides is 1. The molecule has 0 unspecified atom stereocenters. The van der Waals surface area contributed by atoms with Crippen molar-refractivity contribution in [1.82, 2.24) is 4.31 Å². The standard InChI is InChI=1S/C17H26N2O6S.ClH/c1-23-15-12-13(17(20)24-2)4-5-16(15)26(21,22)19-9-6-14(7-10-19)25-11-3-8-18;/h4-5,12,14H,3,6-11,18H2,1-2H3;1H. The lowest BCUT2D eigenvalue weighted by molar-refractivity contribution is 0.0208. The molecule has 1 aliphatic rings. The van der Waals surface area contributed by atoms with E-state index in [9.17, 15) is 13.2 Å². The molecule has 27 heavy (non-hydrogen) atoms. The predicted octanol–water partition coefficient (Wildman–Crippen LogP) is 1.42. The van der Waals surface area contributed by atoms with Gasteiger partial charge in [-0.1, -0.05) is 0 Å². The third kappa shape index (κ3) is 5.79. The zero-order valence-electron chi connectivity index (χ0n) is 15.5. The third-order valence-corrected chi connectivity index (χ3v) is 6.24. The Hall–Kier alpha value is -1.39. The van der Waals surface area contributed by atoms with Gasteiger partial charge in [0.15, 0.2) is 0 Å². The number of rotatable bonds is 8. The molecule has 1 heterocycles. The van der Waals surface area contributed by atoms with E-state index >= 15 is 0 Å². The fourth-order valence-electron chi connectivity index (χ4n) is 2.84. The minimum absolute atomic E-state index is 0. The van der Waals surface area contributed by atoms with Crippen molar-refractivity contribution in [2.75, 3.05) is 40.5 Å². The number of methoxy groups -OCH3 is 2. The molecule has 154 valence electrons. The lowest BCUT2D eigenvalue weighted by Crippen LogP contribution is -2.41. The monoisotopic (exact) mass is 422 g/mol. The fourth-order valence-corrected chi connectivity index (χ4v) is 4.44. The Balaban J connectivity index is 0.00000364. The molecule has 0 spiro atoms. The number of halogens is 1. The molecule has 0 aliphatic carbocycles. The molecule has 1 aliphatic heterocycles. The normalized spacial score (nSPS) is 15.8. The number of benzene rings is 1. The lowest BCUT2D eigenvalue weighted by Gasteiger charge is -2.31. The molecule has 0 aromatic heterocycles. The summed E-state index contributed by atoms with van der Waals surface area (Å²) in [5.74, 6) is -0.433. The minimum Gasteiger partial charge on any atom is -0.495 e. The third-order valence-electron chi connectivity index (χ3n) is 4.31. The molecule has 1 aromatic rings. The highest BCUT2D eigenvalue weighted by atomic mass is 35.5. The van der Waals surface area contributed by atoms with Gasteiger partial charge in [0.2, 0.25) is 10.0 Å². The number of carbonyl (C=O) groups is 1. The summed E-state index contributed by atoms with van der Waals surface area (Å²) in [6.07, 6.45) is 2.11. The molecule has 2 N–H and O–H groups in total. The van der Waals surface area contributed by atoms with Gasteiger partial charge < -0.3 is 19.9 Å². The topological polar surface area (TPSA) is 108 Å². The van der Waals surface area contributed by atoms with Crippen LogP contribution in [0.2, 0.25) is 0 Å². The van der Waals surface area contributed by atoms with E-state index in [1.165, 1.54) is 36.7 Å². The SMILES string of the molecule is COC(=O)c1ccc(S(=O)(=O)N2CCC(OCCCN)CC2)c(OC)c1.Cl. The quantitative estimate of drug-likeness (QED) is 0.498. The van der Waals surface area contributed by atoms with Crippen molar-refractivity contribution >= 4 is 28.4 Å².